The van der Waals surface area contributed by atoms with Gasteiger partial charge in [0.15, 0.2) is 0 Å². The Morgan fingerprint density at radius 1 is 1.11 bits per heavy atom. The van der Waals surface area contributed by atoms with Crippen LogP contribution in [0.1, 0.15) is 11.1 Å². The predicted molar refractivity (Wildman–Crippen MR) is 80.9 cm³/mol. The second-order valence-corrected chi connectivity index (χ2v) is 5.61. The molecule has 0 atom stereocenters. The van der Waals surface area contributed by atoms with Crippen LogP contribution in [-0.2, 0) is 13.2 Å². The van der Waals surface area contributed by atoms with Crippen molar-refractivity contribution in [3.05, 3.63) is 62.0 Å². The van der Waals surface area contributed by atoms with Crippen LogP contribution in [0.3, 0.4) is 0 Å². The average molecular weight is 362 g/mol. The molecule has 0 aliphatic heterocycles. The van der Waals surface area contributed by atoms with Gasteiger partial charge >= 0.3 is 0 Å². The Hall–Kier alpha value is -0.740. The van der Waals surface area contributed by atoms with Crippen LogP contribution in [0.15, 0.2) is 40.9 Å². The molecule has 0 bridgehead atoms. The van der Waals surface area contributed by atoms with Crippen LogP contribution in [0.4, 0.5) is 0 Å². The van der Waals surface area contributed by atoms with Gasteiger partial charge in [0.25, 0.3) is 0 Å². The topological polar surface area (TPSA) is 29.5 Å². The van der Waals surface area contributed by atoms with Crippen molar-refractivity contribution >= 4 is 39.1 Å². The molecule has 0 unspecified atom stereocenters. The number of benzene rings is 2. The first-order valence-corrected chi connectivity index (χ1v) is 7.11. The monoisotopic (exact) mass is 360 g/mol. The highest BCUT2D eigenvalue weighted by Crippen LogP contribution is 2.28. The molecule has 100 valence electrons. The Morgan fingerprint density at radius 3 is 2.63 bits per heavy atom. The lowest BCUT2D eigenvalue weighted by atomic mass is 10.2. The lowest BCUT2D eigenvalue weighted by Crippen LogP contribution is -1.99. The van der Waals surface area contributed by atoms with Crippen LogP contribution in [0.5, 0.6) is 5.75 Å². The molecule has 19 heavy (non-hydrogen) atoms. The zero-order chi connectivity index (χ0) is 13.8. The third-order valence-electron chi connectivity index (χ3n) is 2.61. The Kier molecular flexibility index (Phi) is 5.11. The standard InChI is InChI=1S/C14H11BrCl2O2/c15-11-4-5-13(10(6-11)7-18)19-8-9-2-1-3-12(16)14(9)17/h1-6,18H,7-8H2. The van der Waals surface area contributed by atoms with Crippen LogP contribution in [0, 0.1) is 0 Å². The predicted octanol–water partition coefficient (Wildman–Crippen LogP) is 4.83. The number of aliphatic hydroxyl groups excluding tert-OH is 1. The summed E-state index contributed by atoms with van der Waals surface area (Å²) in [6.07, 6.45) is 0. The van der Waals surface area contributed by atoms with Gasteiger partial charge in [0.2, 0.25) is 0 Å². The summed E-state index contributed by atoms with van der Waals surface area (Å²) >= 11 is 15.4. The lowest BCUT2D eigenvalue weighted by Gasteiger charge is -2.12. The van der Waals surface area contributed by atoms with Crippen LogP contribution in [0.25, 0.3) is 0 Å². The van der Waals surface area contributed by atoms with Gasteiger partial charge in [-0.25, -0.2) is 0 Å². The highest BCUT2D eigenvalue weighted by Gasteiger charge is 2.07. The van der Waals surface area contributed by atoms with E-state index in [-0.39, 0.29) is 6.61 Å². The van der Waals surface area contributed by atoms with E-state index in [0.29, 0.717) is 28.0 Å². The Bertz CT molecular complexity index is 588. The first-order valence-electron chi connectivity index (χ1n) is 5.57. The van der Waals surface area contributed by atoms with Gasteiger partial charge in [-0.1, -0.05) is 51.3 Å². The Labute approximate surface area is 130 Å². The molecule has 2 aromatic rings. The minimum absolute atomic E-state index is 0.0853. The molecule has 0 fully saturated rings. The molecule has 0 aromatic heterocycles. The van der Waals surface area contributed by atoms with Gasteiger partial charge in [-0.3, -0.25) is 0 Å². The van der Waals surface area contributed by atoms with Crippen molar-refractivity contribution in [2.75, 3.05) is 0 Å². The Balaban J connectivity index is 2.17. The van der Waals surface area contributed by atoms with Crippen LogP contribution in [0.2, 0.25) is 10.0 Å². The number of hydrogen-bond acceptors (Lipinski definition) is 2. The third kappa shape index (κ3) is 3.63. The van der Waals surface area contributed by atoms with Crippen molar-refractivity contribution < 1.29 is 9.84 Å². The smallest absolute Gasteiger partial charge is 0.125 e. The van der Waals surface area contributed by atoms with Crippen molar-refractivity contribution in [2.24, 2.45) is 0 Å². The summed E-state index contributed by atoms with van der Waals surface area (Å²) in [4.78, 5) is 0. The second-order valence-electron chi connectivity index (χ2n) is 3.91. The molecule has 0 radical (unpaired) electrons. The fourth-order valence-electron chi connectivity index (χ4n) is 1.63. The number of rotatable bonds is 4. The summed E-state index contributed by atoms with van der Waals surface area (Å²) in [7, 11) is 0. The van der Waals surface area contributed by atoms with Crippen LogP contribution < -0.4 is 4.74 Å². The molecule has 2 aromatic carbocycles. The van der Waals surface area contributed by atoms with Gasteiger partial charge in [0, 0.05) is 15.6 Å². The zero-order valence-corrected chi connectivity index (χ0v) is 13.0. The molecule has 1 N–H and O–H groups in total. The normalized spacial score (nSPS) is 10.5. The van der Waals surface area contributed by atoms with E-state index in [0.717, 1.165) is 10.0 Å². The van der Waals surface area contributed by atoms with Crippen molar-refractivity contribution in [3.63, 3.8) is 0 Å². The average Bonchev–Trinajstić information content (AvgIpc) is 2.41. The second kappa shape index (κ2) is 6.62. The molecular formula is C14H11BrCl2O2. The van der Waals surface area contributed by atoms with Gasteiger partial charge in [-0.05, 0) is 24.3 Å². The summed E-state index contributed by atoms with van der Waals surface area (Å²) in [5.41, 5.74) is 1.52. The van der Waals surface area contributed by atoms with Crippen molar-refractivity contribution in [1.82, 2.24) is 0 Å². The molecule has 0 spiro atoms. The van der Waals surface area contributed by atoms with E-state index >= 15 is 0 Å². The summed E-state index contributed by atoms with van der Waals surface area (Å²) in [5, 5.41) is 10.3. The van der Waals surface area contributed by atoms with E-state index in [2.05, 4.69) is 15.9 Å². The first-order chi connectivity index (χ1) is 9.11. The van der Waals surface area contributed by atoms with E-state index in [1.54, 1.807) is 12.1 Å². The quantitative estimate of drug-likeness (QED) is 0.845. The summed E-state index contributed by atoms with van der Waals surface area (Å²) in [6, 6.07) is 10.9. The van der Waals surface area contributed by atoms with Crippen LogP contribution in [-0.4, -0.2) is 5.11 Å². The molecule has 0 saturated heterocycles. The van der Waals surface area contributed by atoms with Gasteiger partial charge in [0.1, 0.15) is 12.4 Å². The molecule has 2 rings (SSSR count). The fraction of sp³-hybridized carbons (Fsp3) is 0.143. The molecular weight excluding hydrogens is 351 g/mol. The Morgan fingerprint density at radius 2 is 1.89 bits per heavy atom. The van der Waals surface area contributed by atoms with Gasteiger partial charge in [-0.15, -0.1) is 0 Å². The van der Waals surface area contributed by atoms with E-state index in [4.69, 9.17) is 27.9 Å². The largest absolute Gasteiger partial charge is 0.488 e. The van der Waals surface area contributed by atoms with Crippen molar-refractivity contribution in [3.8, 4) is 5.75 Å². The number of halogens is 3. The van der Waals surface area contributed by atoms with Crippen molar-refractivity contribution in [2.45, 2.75) is 13.2 Å². The van der Waals surface area contributed by atoms with E-state index in [9.17, 15) is 5.11 Å². The van der Waals surface area contributed by atoms with Crippen LogP contribution >= 0.6 is 39.1 Å². The minimum atomic E-state index is -0.0853. The summed E-state index contributed by atoms with van der Waals surface area (Å²) in [5.74, 6) is 0.627. The first kappa shape index (κ1) is 14.7. The third-order valence-corrected chi connectivity index (χ3v) is 3.96. The molecule has 2 nitrogen and oxygen atoms in total. The van der Waals surface area contributed by atoms with Crippen molar-refractivity contribution in [1.29, 1.82) is 0 Å². The summed E-state index contributed by atoms with van der Waals surface area (Å²) < 4.78 is 6.57. The maximum absolute atomic E-state index is 9.29. The molecule has 0 saturated carbocycles. The maximum atomic E-state index is 9.29. The van der Waals surface area contributed by atoms with E-state index in [1.165, 1.54) is 0 Å². The molecule has 0 aliphatic rings. The number of aliphatic hydroxyl groups is 1. The minimum Gasteiger partial charge on any atom is -0.488 e. The van der Waals surface area contributed by atoms with E-state index in [1.807, 2.05) is 24.3 Å². The molecule has 5 heteroatoms. The van der Waals surface area contributed by atoms with Gasteiger partial charge in [0.05, 0.1) is 16.7 Å². The lowest BCUT2D eigenvalue weighted by molar-refractivity contribution is 0.259. The highest BCUT2D eigenvalue weighted by atomic mass is 79.9. The maximum Gasteiger partial charge on any atom is 0.125 e. The summed E-state index contributed by atoms with van der Waals surface area (Å²) in [6.45, 7) is 0.214. The number of ether oxygens (including phenoxy) is 1. The number of hydrogen-bond donors (Lipinski definition) is 1. The van der Waals surface area contributed by atoms with E-state index < -0.39 is 0 Å². The SMILES string of the molecule is OCc1cc(Br)ccc1OCc1cccc(Cl)c1Cl. The van der Waals surface area contributed by atoms with Gasteiger partial charge < -0.3 is 9.84 Å². The zero-order valence-electron chi connectivity index (χ0n) is 9.87. The molecule has 0 aliphatic carbocycles. The van der Waals surface area contributed by atoms with Gasteiger partial charge in [-0.2, -0.15) is 0 Å². The molecule has 0 amide bonds. The fourth-order valence-corrected chi connectivity index (χ4v) is 2.41. The highest BCUT2D eigenvalue weighted by molar-refractivity contribution is 9.10. The molecule has 0 heterocycles.